The van der Waals surface area contributed by atoms with Crippen molar-refractivity contribution in [1.82, 2.24) is 0 Å². The zero-order valence-corrected chi connectivity index (χ0v) is 37.5. The third-order valence-electron chi connectivity index (χ3n) is 9.84. The number of rotatable bonds is 46. The molecule has 0 saturated heterocycles. The van der Waals surface area contributed by atoms with Gasteiger partial charge in [-0.2, -0.15) is 0 Å². The third-order valence-corrected chi connectivity index (χ3v) is 9.84. The Morgan fingerprint density at radius 2 is 0.636 bits per heavy atom. The first-order valence-electron chi connectivity index (χ1n) is 23.8. The number of hydrogen-bond acceptors (Lipinski definition) is 7. The van der Waals surface area contributed by atoms with Crippen LogP contribution in [0.25, 0.3) is 0 Å². The second-order valence-corrected chi connectivity index (χ2v) is 15.2. The van der Waals surface area contributed by atoms with Gasteiger partial charge in [-0.3, -0.25) is 0 Å². The molecule has 0 saturated carbocycles. The standard InChI is InChI=1S/C48H94O7/c1-7-13-17-25-33-41-51-45(52-42-34-26-18-14-8-2)37-29-21-23-31-39-47(49-11-5)55-48(50-12-6)40-32-24-22-30-38-46(53-43-35-27-19-15-9-3)54-44-36-28-20-16-10-4/h31-32,39-40,45-48H,7-30,33-38,41-44H2,1-6H3. The molecule has 0 fully saturated rings. The summed E-state index contributed by atoms with van der Waals surface area (Å²) in [6, 6.07) is 0. The molecule has 7 heteroatoms. The van der Waals surface area contributed by atoms with E-state index < -0.39 is 12.6 Å². The summed E-state index contributed by atoms with van der Waals surface area (Å²) >= 11 is 0. The van der Waals surface area contributed by atoms with Gasteiger partial charge in [0.15, 0.2) is 25.2 Å². The Morgan fingerprint density at radius 3 is 0.927 bits per heavy atom. The van der Waals surface area contributed by atoms with Crippen LogP contribution in [-0.4, -0.2) is 64.8 Å². The lowest BCUT2D eigenvalue weighted by Gasteiger charge is -2.20. The van der Waals surface area contributed by atoms with Gasteiger partial charge in [-0.05, 0) is 103 Å². The van der Waals surface area contributed by atoms with Crippen LogP contribution in [0, 0.1) is 0 Å². The maximum absolute atomic E-state index is 6.24. The Hall–Kier alpha value is -0.800. The molecule has 55 heavy (non-hydrogen) atoms. The highest BCUT2D eigenvalue weighted by molar-refractivity contribution is 4.89. The van der Waals surface area contributed by atoms with E-state index >= 15 is 0 Å². The summed E-state index contributed by atoms with van der Waals surface area (Å²) in [7, 11) is 0. The third kappa shape index (κ3) is 39.8. The van der Waals surface area contributed by atoms with Crippen molar-refractivity contribution in [3.8, 4) is 0 Å². The Bertz CT molecular complexity index is 681. The minimum Gasteiger partial charge on any atom is -0.353 e. The zero-order valence-electron chi connectivity index (χ0n) is 37.5. The van der Waals surface area contributed by atoms with E-state index in [1.165, 1.54) is 103 Å². The van der Waals surface area contributed by atoms with Gasteiger partial charge in [0.25, 0.3) is 0 Å². The first kappa shape index (κ1) is 54.2. The van der Waals surface area contributed by atoms with Gasteiger partial charge in [0.05, 0.1) is 0 Å². The van der Waals surface area contributed by atoms with Crippen molar-refractivity contribution in [3.63, 3.8) is 0 Å². The fourth-order valence-corrected chi connectivity index (χ4v) is 6.41. The van der Waals surface area contributed by atoms with E-state index in [1.807, 2.05) is 26.0 Å². The normalized spacial score (nSPS) is 13.4. The van der Waals surface area contributed by atoms with Crippen LogP contribution in [-0.2, 0) is 33.2 Å². The fraction of sp³-hybridized carbons (Fsp3) is 0.917. The topological polar surface area (TPSA) is 64.6 Å². The van der Waals surface area contributed by atoms with Crippen LogP contribution in [0.3, 0.4) is 0 Å². The van der Waals surface area contributed by atoms with Gasteiger partial charge >= 0.3 is 0 Å². The van der Waals surface area contributed by atoms with Crippen molar-refractivity contribution in [1.29, 1.82) is 0 Å². The van der Waals surface area contributed by atoms with Crippen LogP contribution in [0.2, 0.25) is 0 Å². The smallest absolute Gasteiger partial charge is 0.180 e. The summed E-state index contributed by atoms with van der Waals surface area (Å²) in [5.74, 6) is 0. The summed E-state index contributed by atoms with van der Waals surface area (Å²) in [6.45, 7) is 17.4. The molecule has 0 N–H and O–H groups in total. The fourth-order valence-electron chi connectivity index (χ4n) is 6.41. The molecule has 0 heterocycles. The second kappa shape index (κ2) is 45.9. The molecule has 7 nitrogen and oxygen atoms in total. The molecular weight excluding hydrogens is 689 g/mol. The van der Waals surface area contributed by atoms with Gasteiger partial charge in [0.2, 0.25) is 0 Å². The SMILES string of the molecule is CCCCCCCOC(CCCCC=CC(OCC)OC(C=CCCCCC(OCCCCCCC)OCCCCCCC)OCC)OCCCCCCC. The lowest BCUT2D eigenvalue weighted by Crippen LogP contribution is -2.24. The van der Waals surface area contributed by atoms with Crippen molar-refractivity contribution in [3.05, 3.63) is 24.3 Å². The van der Waals surface area contributed by atoms with Gasteiger partial charge in [-0.1, -0.05) is 143 Å². The van der Waals surface area contributed by atoms with Crippen molar-refractivity contribution in [2.24, 2.45) is 0 Å². The quantitative estimate of drug-likeness (QED) is 0.0346. The number of ether oxygens (including phenoxy) is 7. The largest absolute Gasteiger partial charge is 0.353 e. The monoisotopic (exact) mass is 783 g/mol. The molecule has 2 unspecified atom stereocenters. The Kier molecular flexibility index (Phi) is 45.2. The maximum atomic E-state index is 6.24. The summed E-state index contributed by atoms with van der Waals surface area (Å²) < 4.78 is 42.9. The zero-order chi connectivity index (χ0) is 40.1. The van der Waals surface area contributed by atoms with E-state index in [1.54, 1.807) is 0 Å². The van der Waals surface area contributed by atoms with E-state index in [9.17, 15) is 0 Å². The molecule has 0 aliphatic rings. The van der Waals surface area contributed by atoms with Crippen LogP contribution < -0.4 is 0 Å². The molecular formula is C48H94O7. The molecule has 0 radical (unpaired) electrons. The van der Waals surface area contributed by atoms with E-state index in [0.29, 0.717) is 13.2 Å². The number of unbranched alkanes of at least 4 members (excludes halogenated alkanes) is 20. The molecule has 0 aliphatic carbocycles. The first-order valence-corrected chi connectivity index (χ1v) is 23.8. The summed E-state index contributed by atoms with van der Waals surface area (Å²) in [6.07, 6.45) is 40.5. The highest BCUT2D eigenvalue weighted by Crippen LogP contribution is 2.16. The van der Waals surface area contributed by atoms with Crippen molar-refractivity contribution < 1.29 is 33.2 Å². The Labute approximate surface area is 342 Å². The van der Waals surface area contributed by atoms with Crippen LogP contribution in [0.5, 0.6) is 0 Å². The van der Waals surface area contributed by atoms with Crippen LogP contribution in [0.4, 0.5) is 0 Å². The summed E-state index contributed by atoms with van der Waals surface area (Å²) in [4.78, 5) is 0. The van der Waals surface area contributed by atoms with Crippen molar-refractivity contribution in [2.45, 2.75) is 246 Å². The molecule has 0 bridgehead atoms. The number of hydrogen-bond donors (Lipinski definition) is 0. The summed E-state index contributed by atoms with van der Waals surface area (Å²) in [5.41, 5.74) is 0. The van der Waals surface area contributed by atoms with E-state index in [4.69, 9.17) is 33.2 Å². The highest BCUT2D eigenvalue weighted by atomic mass is 16.8. The molecule has 0 aromatic rings. The minimum atomic E-state index is -0.440. The van der Waals surface area contributed by atoms with E-state index in [2.05, 4.69) is 39.8 Å². The van der Waals surface area contributed by atoms with Gasteiger partial charge in [-0.15, -0.1) is 0 Å². The maximum Gasteiger partial charge on any atom is 0.180 e. The van der Waals surface area contributed by atoms with Gasteiger partial charge in [0, 0.05) is 39.6 Å². The van der Waals surface area contributed by atoms with Crippen LogP contribution in [0.1, 0.15) is 221 Å². The summed E-state index contributed by atoms with van der Waals surface area (Å²) in [5, 5.41) is 0. The van der Waals surface area contributed by atoms with Gasteiger partial charge in [0.1, 0.15) is 0 Å². The van der Waals surface area contributed by atoms with Crippen molar-refractivity contribution in [2.75, 3.05) is 39.6 Å². The molecule has 0 aliphatic heterocycles. The van der Waals surface area contributed by atoms with Gasteiger partial charge in [-0.25, -0.2) is 0 Å². The molecule has 0 aromatic carbocycles. The Balaban J connectivity index is 4.70. The Morgan fingerprint density at radius 1 is 0.327 bits per heavy atom. The molecule has 0 rings (SSSR count). The highest BCUT2D eigenvalue weighted by Gasteiger charge is 2.14. The molecule has 328 valence electrons. The predicted molar refractivity (Wildman–Crippen MR) is 234 cm³/mol. The predicted octanol–water partition coefficient (Wildman–Crippen LogP) is 14.6. The average molecular weight is 783 g/mol. The first-order chi connectivity index (χ1) is 27.1. The lowest BCUT2D eigenvalue weighted by atomic mass is 10.1. The lowest BCUT2D eigenvalue weighted by molar-refractivity contribution is -0.204. The van der Waals surface area contributed by atoms with E-state index in [0.717, 1.165) is 103 Å². The van der Waals surface area contributed by atoms with E-state index in [-0.39, 0.29) is 12.6 Å². The number of allylic oxidation sites excluding steroid dienone is 2. The molecule has 0 spiro atoms. The second-order valence-electron chi connectivity index (χ2n) is 15.2. The minimum absolute atomic E-state index is 0.0853. The van der Waals surface area contributed by atoms with Gasteiger partial charge < -0.3 is 33.2 Å². The van der Waals surface area contributed by atoms with Crippen molar-refractivity contribution >= 4 is 0 Å². The van der Waals surface area contributed by atoms with Crippen LogP contribution in [0.15, 0.2) is 24.3 Å². The molecule has 0 aromatic heterocycles. The molecule has 2 atom stereocenters. The average Bonchev–Trinajstić information content (AvgIpc) is 3.18. The van der Waals surface area contributed by atoms with Crippen LogP contribution >= 0.6 is 0 Å². The molecule has 0 amide bonds.